The highest BCUT2D eigenvalue weighted by atomic mass is 32.2. The molecular weight excluding hydrogens is 560 g/mol. The largest absolute Gasteiger partial charge is 0.456 e. The summed E-state index contributed by atoms with van der Waals surface area (Å²) in [4.78, 5) is 13.5. The van der Waals surface area contributed by atoms with E-state index in [0.29, 0.717) is 19.8 Å². The predicted octanol–water partition coefficient (Wildman–Crippen LogP) is 7.13. The fraction of sp³-hybridized carbons (Fsp3) is 0.306. The van der Waals surface area contributed by atoms with Crippen molar-refractivity contribution in [1.82, 2.24) is 0 Å². The third-order valence-corrected chi connectivity index (χ3v) is 8.29. The molecule has 43 heavy (non-hydrogen) atoms. The van der Waals surface area contributed by atoms with Crippen molar-refractivity contribution in [3.63, 3.8) is 0 Å². The van der Waals surface area contributed by atoms with Crippen LogP contribution >= 0.6 is 11.8 Å². The van der Waals surface area contributed by atoms with E-state index < -0.39 is 35.8 Å². The number of carbonyl (C=O) groups is 1. The van der Waals surface area contributed by atoms with Crippen LogP contribution in [0.4, 0.5) is 0 Å². The highest BCUT2D eigenvalue weighted by molar-refractivity contribution is 7.99. The van der Waals surface area contributed by atoms with Crippen LogP contribution < -0.4 is 0 Å². The molecule has 224 valence electrons. The van der Waals surface area contributed by atoms with E-state index in [4.69, 9.17) is 23.7 Å². The van der Waals surface area contributed by atoms with Gasteiger partial charge in [-0.2, -0.15) is 0 Å². The molecule has 1 fully saturated rings. The molecule has 0 unspecified atom stereocenters. The van der Waals surface area contributed by atoms with Crippen LogP contribution in [-0.4, -0.2) is 42.4 Å². The molecule has 0 bridgehead atoms. The monoisotopic (exact) mass is 598 g/mol. The van der Waals surface area contributed by atoms with Crippen LogP contribution in [0.3, 0.4) is 0 Å². The molecule has 1 saturated heterocycles. The van der Waals surface area contributed by atoms with Gasteiger partial charge >= 0.3 is 5.97 Å². The summed E-state index contributed by atoms with van der Waals surface area (Å²) in [5.74, 6) is -0.406. The van der Waals surface area contributed by atoms with Crippen LogP contribution in [0.15, 0.2) is 120 Å². The van der Waals surface area contributed by atoms with Crippen LogP contribution in [0, 0.1) is 6.92 Å². The minimum Gasteiger partial charge on any atom is -0.456 e. The molecule has 1 heterocycles. The number of benzene rings is 4. The van der Waals surface area contributed by atoms with Crippen molar-refractivity contribution in [2.45, 2.75) is 68.4 Å². The van der Waals surface area contributed by atoms with Crippen molar-refractivity contribution >= 4 is 17.7 Å². The number of ether oxygens (including phenoxy) is 5. The molecule has 6 nitrogen and oxygen atoms in total. The van der Waals surface area contributed by atoms with Gasteiger partial charge in [0.25, 0.3) is 0 Å². The molecule has 7 heteroatoms. The van der Waals surface area contributed by atoms with E-state index in [1.165, 1.54) is 18.7 Å². The van der Waals surface area contributed by atoms with E-state index >= 15 is 0 Å². The molecule has 1 aliphatic rings. The van der Waals surface area contributed by atoms with Crippen molar-refractivity contribution in [3.05, 3.63) is 138 Å². The Morgan fingerprint density at radius 1 is 0.674 bits per heavy atom. The van der Waals surface area contributed by atoms with Crippen LogP contribution in [0.5, 0.6) is 0 Å². The molecule has 0 aromatic heterocycles. The second-order valence-corrected chi connectivity index (χ2v) is 11.7. The normalized spacial score (nSPS) is 21.8. The Morgan fingerprint density at radius 2 is 1.19 bits per heavy atom. The summed E-state index contributed by atoms with van der Waals surface area (Å²) < 4.78 is 32.1. The summed E-state index contributed by atoms with van der Waals surface area (Å²) >= 11 is 1.51. The van der Waals surface area contributed by atoms with E-state index in [1.54, 1.807) is 0 Å². The van der Waals surface area contributed by atoms with Gasteiger partial charge in [-0.15, -0.1) is 0 Å². The zero-order valence-electron chi connectivity index (χ0n) is 24.5. The molecule has 5 rings (SSSR count). The average molecular weight is 599 g/mol. The Morgan fingerprint density at radius 3 is 1.72 bits per heavy atom. The number of thioether (sulfide) groups is 1. The van der Waals surface area contributed by atoms with E-state index in [1.807, 2.05) is 103 Å². The standard InChI is InChI=1S/C36H38O6S/c1-26-18-20-31(21-19-26)43-36-35(41-27(2)37)34(40-24-30-16-10-5-11-17-30)33(39-23-29-14-8-4-9-15-29)32(42-36)25-38-22-28-12-6-3-7-13-28/h3-21,32-36H,22-25H2,1-2H3/t32-,33-,34+,35+,36-/m1/s1. The first-order valence-corrected chi connectivity index (χ1v) is 15.4. The summed E-state index contributed by atoms with van der Waals surface area (Å²) in [6.45, 7) is 4.85. The van der Waals surface area contributed by atoms with Gasteiger partial charge in [0.2, 0.25) is 0 Å². The lowest BCUT2D eigenvalue weighted by atomic mass is 9.99. The van der Waals surface area contributed by atoms with Gasteiger partial charge in [0, 0.05) is 11.8 Å². The third kappa shape index (κ3) is 9.26. The zero-order chi connectivity index (χ0) is 29.9. The molecule has 0 aliphatic carbocycles. The second kappa shape index (κ2) is 15.8. The van der Waals surface area contributed by atoms with Gasteiger partial charge in [0.05, 0.1) is 26.4 Å². The first-order chi connectivity index (χ1) is 21.0. The first-order valence-electron chi connectivity index (χ1n) is 14.5. The molecule has 0 N–H and O–H groups in total. The smallest absolute Gasteiger partial charge is 0.303 e. The minimum atomic E-state index is -0.723. The maximum Gasteiger partial charge on any atom is 0.303 e. The summed E-state index contributed by atoms with van der Waals surface area (Å²) in [6, 6.07) is 38.2. The molecule has 0 saturated carbocycles. The van der Waals surface area contributed by atoms with Gasteiger partial charge in [-0.3, -0.25) is 4.79 Å². The number of aryl methyl sites for hydroxylation is 1. The maximum atomic E-state index is 12.5. The summed E-state index contributed by atoms with van der Waals surface area (Å²) in [5.41, 5.74) is 3.72. The molecule has 1 aliphatic heterocycles. The number of rotatable bonds is 13. The van der Waals surface area contributed by atoms with Crippen LogP contribution in [0.1, 0.15) is 29.2 Å². The Kier molecular flexibility index (Phi) is 11.4. The topological polar surface area (TPSA) is 63.2 Å². The van der Waals surface area contributed by atoms with Crippen molar-refractivity contribution < 1.29 is 28.5 Å². The predicted molar refractivity (Wildman–Crippen MR) is 167 cm³/mol. The Labute approximate surface area is 258 Å². The lowest BCUT2D eigenvalue weighted by Crippen LogP contribution is -2.60. The third-order valence-electron chi connectivity index (χ3n) is 7.13. The van der Waals surface area contributed by atoms with Crippen molar-refractivity contribution in [2.75, 3.05) is 6.61 Å². The van der Waals surface area contributed by atoms with Crippen molar-refractivity contribution in [2.24, 2.45) is 0 Å². The highest BCUT2D eigenvalue weighted by Crippen LogP contribution is 2.38. The molecule has 4 aromatic carbocycles. The maximum absolute atomic E-state index is 12.5. The summed E-state index contributed by atoms with van der Waals surface area (Å²) in [6.07, 6.45) is -2.39. The van der Waals surface area contributed by atoms with Gasteiger partial charge in [-0.05, 0) is 35.7 Å². The van der Waals surface area contributed by atoms with Crippen LogP contribution in [-0.2, 0) is 48.3 Å². The van der Waals surface area contributed by atoms with E-state index in [2.05, 4.69) is 19.1 Å². The molecule has 0 amide bonds. The van der Waals surface area contributed by atoms with Gasteiger partial charge in [0.15, 0.2) is 6.10 Å². The number of carbonyl (C=O) groups excluding carboxylic acids is 1. The first kappa shape index (κ1) is 31.0. The van der Waals surface area contributed by atoms with Gasteiger partial charge in [0.1, 0.15) is 23.7 Å². The Balaban J connectivity index is 1.44. The Hall–Kier alpha value is -3.46. The molecule has 0 spiro atoms. The summed E-state index contributed by atoms with van der Waals surface area (Å²) in [7, 11) is 0. The quantitative estimate of drug-likeness (QED) is 0.152. The number of hydrogen-bond donors (Lipinski definition) is 0. The molecular formula is C36H38O6S. The minimum absolute atomic E-state index is 0.275. The lowest BCUT2D eigenvalue weighted by molar-refractivity contribution is -0.249. The van der Waals surface area contributed by atoms with E-state index in [0.717, 1.165) is 27.1 Å². The molecule has 0 radical (unpaired) electrons. The van der Waals surface area contributed by atoms with Gasteiger partial charge < -0.3 is 23.7 Å². The summed E-state index contributed by atoms with van der Waals surface area (Å²) in [5, 5.41) is 0. The zero-order valence-corrected chi connectivity index (χ0v) is 25.4. The molecule has 4 aromatic rings. The van der Waals surface area contributed by atoms with E-state index in [9.17, 15) is 4.79 Å². The fourth-order valence-corrected chi connectivity index (χ4v) is 6.07. The van der Waals surface area contributed by atoms with Crippen molar-refractivity contribution in [3.8, 4) is 0 Å². The van der Waals surface area contributed by atoms with Crippen molar-refractivity contribution in [1.29, 1.82) is 0 Å². The van der Waals surface area contributed by atoms with Crippen LogP contribution in [0.2, 0.25) is 0 Å². The van der Waals surface area contributed by atoms with Gasteiger partial charge in [-0.25, -0.2) is 0 Å². The second-order valence-electron chi connectivity index (χ2n) is 10.6. The SMILES string of the molecule is CC(=O)O[C@H]1[C@@H](OCc2ccccc2)[C@H](OCc2ccccc2)[C@@H](COCc2ccccc2)O[C@@H]1Sc1ccc(C)cc1. The Bertz CT molecular complexity index is 1380. The van der Waals surface area contributed by atoms with Gasteiger partial charge in [-0.1, -0.05) is 120 Å². The van der Waals surface area contributed by atoms with E-state index in [-0.39, 0.29) is 6.61 Å². The average Bonchev–Trinajstić information content (AvgIpc) is 3.03. The number of hydrogen-bond acceptors (Lipinski definition) is 7. The number of esters is 1. The molecule has 5 atom stereocenters. The lowest BCUT2D eigenvalue weighted by Gasteiger charge is -2.45. The van der Waals surface area contributed by atoms with Crippen LogP contribution in [0.25, 0.3) is 0 Å². The highest BCUT2D eigenvalue weighted by Gasteiger charge is 2.50. The fourth-order valence-electron chi connectivity index (χ4n) is 4.97.